The SMILES string of the molecule is CCOC(C)Oc1ccc(-c2ncc[nH]2)cc1NC(=O)C(N)CC1(NC)C=CC(NC)=CC1. The first-order valence-corrected chi connectivity index (χ1v) is 11.1. The van der Waals surface area contributed by atoms with E-state index in [1.165, 1.54) is 0 Å². The van der Waals surface area contributed by atoms with Crippen LogP contribution in [-0.4, -0.2) is 54.4 Å². The number of carbonyl (C=O) groups is 1. The summed E-state index contributed by atoms with van der Waals surface area (Å²) in [5.41, 5.74) is 8.31. The molecule has 3 unspecified atom stereocenters. The first-order chi connectivity index (χ1) is 15.9. The molecule has 0 saturated heterocycles. The zero-order valence-corrected chi connectivity index (χ0v) is 19.6. The number of nitrogens with one attached hydrogen (secondary N) is 4. The normalized spacial score (nSPS) is 19.5. The molecular formula is C24H34N6O3. The summed E-state index contributed by atoms with van der Waals surface area (Å²) in [6, 6.07) is 4.73. The number of hydrogen-bond acceptors (Lipinski definition) is 7. The standard InChI is InChI=1S/C24H34N6O3/c1-5-32-16(2)33-21-7-6-17(22-28-12-13-29-22)14-20(21)30-23(31)19(25)15-24(27-4)10-8-18(26-3)9-11-24/h6-10,12-14,16,19,26-27H,5,11,15,25H2,1-4H3,(H,28,29)(H,30,31). The maximum Gasteiger partial charge on any atom is 0.241 e. The summed E-state index contributed by atoms with van der Waals surface area (Å²) in [5, 5.41) is 9.39. The molecule has 1 aromatic heterocycles. The number of anilines is 1. The van der Waals surface area contributed by atoms with E-state index in [4.69, 9.17) is 15.2 Å². The number of allylic oxidation sites excluding steroid dienone is 1. The molecule has 0 fully saturated rings. The van der Waals surface area contributed by atoms with Gasteiger partial charge in [0.2, 0.25) is 5.91 Å². The van der Waals surface area contributed by atoms with Gasteiger partial charge in [0.05, 0.1) is 11.7 Å². The van der Waals surface area contributed by atoms with Gasteiger partial charge in [0.15, 0.2) is 6.29 Å². The average Bonchev–Trinajstić information content (AvgIpc) is 3.36. The number of likely N-dealkylation sites (N-methyl/N-ethyl adjacent to an activating group) is 2. The maximum atomic E-state index is 13.1. The predicted molar refractivity (Wildman–Crippen MR) is 130 cm³/mol. The lowest BCUT2D eigenvalue weighted by Crippen LogP contribution is -2.50. The lowest BCUT2D eigenvalue weighted by atomic mass is 9.84. The van der Waals surface area contributed by atoms with Crippen LogP contribution >= 0.6 is 0 Å². The van der Waals surface area contributed by atoms with Gasteiger partial charge in [-0.2, -0.15) is 0 Å². The fraction of sp³-hybridized carbons (Fsp3) is 0.417. The fourth-order valence-electron chi connectivity index (χ4n) is 3.76. The second-order valence-electron chi connectivity index (χ2n) is 7.94. The Morgan fingerprint density at radius 2 is 2.18 bits per heavy atom. The Bertz CT molecular complexity index is 988. The molecule has 1 aliphatic carbocycles. The van der Waals surface area contributed by atoms with Crippen LogP contribution in [0.25, 0.3) is 11.4 Å². The summed E-state index contributed by atoms with van der Waals surface area (Å²) in [4.78, 5) is 20.5. The van der Waals surface area contributed by atoms with Gasteiger partial charge in [0.25, 0.3) is 0 Å². The summed E-state index contributed by atoms with van der Waals surface area (Å²) >= 11 is 0. The number of carbonyl (C=O) groups excluding carboxylic acids is 1. The quantitative estimate of drug-likeness (QED) is 0.330. The van der Waals surface area contributed by atoms with Gasteiger partial charge in [-0.25, -0.2) is 4.98 Å². The lowest BCUT2D eigenvalue weighted by molar-refractivity contribution is -0.117. The highest BCUT2D eigenvalue weighted by molar-refractivity contribution is 5.96. The number of rotatable bonds is 11. The highest BCUT2D eigenvalue weighted by Gasteiger charge is 2.31. The topological polar surface area (TPSA) is 126 Å². The molecule has 1 amide bonds. The molecular weight excluding hydrogens is 420 g/mol. The van der Waals surface area contributed by atoms with Crippen molar-refractivity contribution in [2.45, 2.75) is 44.6 Å². The highest BCUT2D eigenvalue weighted by atomic mass is 16.7. The molecule has 0 saturated carbocycles. The van der Waals surface area contributed by atoms with Crippen molar-refractivity contribution in [1.82, 2.24) is 20.6 Å². The van der Waals surface area contributed by atoms with Crippen LogP contribution in [0.3, 0.4) is 0 Å². The Morgan fingerprint density at radius 1 is 1.36 bits per heavy atom. The minimum absolute atomic E-state index is 0.299. The molecule has 2 aromatic rings. The number of H-pyrrole nitrogens is 1. The molecule has 0 radical (unpaired) electrons. The molecule has 3 atom stereocenters. The molecule has 9 nitrogen and oxygen atoms in total. The fourth-order valence-corrected chi connectivity index (χ4v) is 3.76. The number of hydrogen-bond donors (Lipinski definition) is 5. The average molecular weight is 455 g/mol. The zero-order valence-electron chi connectivity index (χ0n) is 19.6. The minimum atomic E-state index is -0.740. The first-order valence-electron chi connectivity index (χ1n) is 11.1. The largest absolute Gasteiger partial charge is 0.463 e. The van der Waals surface area contributed by atoms with E-state index in [9.17, 15) is 4.79 Å². The number of aromatic amines is 1. The van der Waals surface area contributed by atoms with E-state index in [0.29, 0.717) is 30.3 Å². The second-order valence-corrected chi connectivity index (χ2v) is 7.94. The van der Waals surface area contributed by atoms with E-state index in [0.717, 1.165) is 17.7 Å². The van der Waals surface area contributed by atoms with Crippen LogP contribution in [-0.2, 0) is 9.53 Å². The molecule has 6 N–H and O–H groups in total. The zero-order chi connectivity index (χ0) is 23.8. The van der Waals surface area contributed by atoms with Crippen molar-refractivity contribution in [3.8, 4) is 17.1 Å². The Hall–Kier alpha value is -3.14. The molecule has 178 valence electrons. The Labute approximate surface area is 194 Å². The molecule has 9 heteroatoms. The van der Waals surface area contributed by atoms with Crippen molar-refractivity contribution >= 4 is 11.6 Å². The summed E-state index contributed by atoms with van der Waals surface area (Å²) in [5.74, 6) is 0.883. The molecule has 0 bridgehead atoms. The molecule has 3 rings (SSSR count). The molecule has 1 heterocycles. The van der Waals surface area contributed by atoms with E-state index in [-0.39, 0.29) is 5.91 Å². The van der Waals surface area contributed by atoms with Crippen molar-refractivity contribution in [3.63, 3.8) is 0 Å². The predicted octanol–water partition coefficient (Wildman–Crippen LogP) is 2.52. The minimum Gasteiger partial charge on any atom is -0.463 e. The molecule has 1 aromatic carbocycles. The number of nitrogens with zero attached hydrogens (tertiary/aromatic N) is 1. The van der Waals surface area contributed by atoms with Crippen LogP contribution in [0.4, 0.5) is 5.69 Å². The Morgan fingerprint density at radius 3 is 2.79 bits per heavy atom. The number of ether oxygens (including phenoxy) is 2. The number of imidazole rings is 1. The van der Waals surface area contributed by atoms with Gasteiger partial charge in [0, 0.05) is 42.8 Å². The van der Waals surface area contributed by atoms with E-state index < -0.39 is 17.9 Å². The highest BCUT2D eigenvalue weighted by Crippen LogP contribution is 2.31. The van der Waals surface area contributed by atoms with Crippen LogP contribution in [0.1, 0.15) is 26.7 Å². The van der Waals surface area contributed by atoms with E-state index in [2.05, 4.69) is 38.1 Å². The van der Waals surface area contributed by atoms with Crippen LogP contribution in [0, 0.1) is 0 Å². The van der Waals surface area contributed by atoms with Crippen LogP contribution in [0.15, 0.2) is 54.5 Å². The van der Waals surface area contributed by atoms with Crippen molar-refractivity contribution in [2.24, 2.45) is 5.73 Å². The van der Waals surface area contributed by atoms with E-state index >= 15 is 0 Å². The number of benzene rings is 1. The smallest absolute Gasteiger partial charge is 0.241 e. The second kappa shape index (κ2) is 11.1. The van der Waals surface area contributed by atoms with Gasteiger partial charge in [0.1, 0.15) is 11.6 Å². The summed E-state index contributed by atoms with van der Waals surface area (Å²) < 4.78 is 11.4. The van der Waals surface area contributed by atoms with Gasteiger partial charge in [-0.1, -0.05) is 12.2 Å². The van der Waals surface area contributed by atoms with Crippen molar-refractivity contribution < 1.29 is 14.3 Å². The van der Waals surface area contributed by atoms with Gasteiger partial charge in [-0.3, -0.25) is 4.79 Å². The van der Waals surface area contributed by atoms with Gasteiger partial charge in [-0.05, 0) is 58.0 Å². The Kier molecular flexibility index (Phi) is 8.26. The number of nitrogens with two attached hydrogens (primary N) is 1. The van der Waals surface area contributed by atoms with Gasteiger partial charge in [-0.15, -0.1) is 0 Å². The summed E-state index contributed by atoms with van der Waals surface area (Å²) in [6.07, 6.45) is 10.3. The van der Waals surface area contributed by atoms with E-state index in [1.807, 2.05) is 39.2 Å². The third-order valence-electron chi connectivity index (χ3n) is 5.68. The summed E-state index contributed by atoms with van der Waals surface area (Å²) in [6.45, 7) is 4.22. The summed E-state index contributed by atoms with van der Waals surface area (Å²) in [7, 11) is 3.76. The van der Waals surface area contributed by atoms with Crippen molar-refractivity contribution in [2.75, 3.05) is 26.0 Å². The molecule has 1 aliphatic rings. The van der Waals surface area contributed by atoms with Crippen LogP contribution in [0.2, 0.25) is 0 Å². The third-order valence-corrected chi connectivity index (χ3v) is 5.68. The van der Waals surface area contributed by atoms with E-state index in [1.54, 1.807) is 25.4 Å². The van der Waals surface area contributed by atoms with Crippen molar-refractivity contribution in [1.29, 1.82) is 0 Å². The maximum absolute atomic E-state index is 13.1. The Balaban J connectivity index is 1.78. The lowest BCUT2D eigenvalue weighted by Gasteiger charge is -2.34. The first kappa shape index (κ1) is 24.5. The molecule has 0 spiro atoms. The number of aromatic nitrogens is 2. The number of amides is 1. The van der Waals surface area contributed by atoms with Gasteiger partial charge < -0.3 is 36.1 Å². The van der Waals surface area contributed by atoms with Crippen LogP contribution in [0.5, 0.6) is 5.75 Å². The molecule has 33 heavy (non-hydrogen) atoms. The third kappa shape index (κ3) is 6.22. The van der Waals surface area contributed by atoms with Crippen LogP contribution < -0.4 is 26.4 Å². The monoisotopic (exact) mass is 454 g/mol. The van der Waals surface area contributed by atoms with Gasteiger partial charge >= 0.3 is 0 Å². The van der Waals surface area contributed by atoms with Crippen molar-refractivity contribution in [3.05, 3.63) is 54.5 Å². The molecule has 0 aliphatic heterocycles.